The molecule has 7 nitrogen and oxygen atoms in total. The highest BCUT2D eigenvalue weighted by Gasteiger charge is 2.29. The average Bonchev–Trinajstić information content (AvgIpc) is 3.28. The molecule has 0 saturated carbocycles. The van der Waals surface area contributed by atoms with Crippen LogP contribution in [-0.2, 0) is 10.0 Å². The van der Waals surface area contributed by atoms with Crippen LogP contribution in [0, 0.1) is 10.1 Å². The first-order chi connectivity index (χ1) is 14.5. The fourth-order valence-electron chi connectivity index (χ4n) is 4.13. The second-order valence-electron chi connectivity index (χ2n) is 7.40. The largest absolute Gasteiger partial charge is 0.295 e. The summed E-state index contributed by atoms with van der Waals surface area (Å²) in [5.41, 5.74) is 0.633. The van der Waals surface area contributed by atoms with Crippen LogP contribution >= 0.6 is 0 Å². The number of rotatable bonds is 7. The topological polar surface area (TPSA) is 92.5 Å². The number of nitro benzene ring substituents is 1. The highest BCUT2D eigenvalue weighted by atomic mass is 32.2. The van der Waals surface area contributed by atoms with Crippen molar-refractivity contribution in [2.24, 2.45) is 0 Å². The number of benzene rings is 3. The summed E-state index contributed by atoms with van der Waals surface area (Å²) in [6, 6.07) is 19.4. The minimum absolute atomic E-state index is 0.141. The van der Waals surface area contributed by atoms with Gasteiger partial charge in [-0.1, -0.05) is 54.6 Å². The van der Waals surface area contributed by atoms with E-state index in [-0.39, 0.29) is 17.5 Å². The van der Waals surface area contributed by atoms with Gasteiger partial charge in [0.05, 0.1) is 4.92 Å². The van der Waals surface area contributed by atoms with E-state index in [2.05, 4.69) is 9.62 Å². The SMILES string of the molecule is O=[N+]([O-])c1ccccc1S(=O)(=O)NC[C@@H](c1cccc2ccccc12)N1CCCC1. The number of fused-ring (bicyclic) bond motifs is 1. The van der Waals surface area contributed by atoms with Gasteiger partial charge in [-0.15, -0.1) is 0 Å². The predicted octanol–water partition coefficient (Wildman–Crippen LogP) is 3.86. The minimum atomic E-state index is -4.04. The molecule has 1 atom stereocenters. The smallest absolute Gasteiger partial charge is 0.289 e. The van der Waals surface area contributed by atoms with Gasteiger partial charge in [-0.25, -0.2) is 13.1 Å². The second kappa shape index (κ2) is 8.51. The van der Waals surface area contributed by atoms with Crippen LogP contribution in [0.1, 0.15) is 24.4 Å². The van der Waals surface area contributed by atoms with Crippen molar-refractivity contribution in [2.45, 2.75) is 23.8 Å². The van der Waals surface area contributed by atoms with Crippen LogP contribution in [0.25, 0.3) is 10.8 Å². The van der Waals surface area contributed by atoms with Crippen molar-refractivity contribution in [1.29, 1.82) is 0 Å². The lowest BCUT2D eigenvalue weighted by molar-refractivity contribution is -0.387. The van der Waals surface area contributed by atoms with E-state index in [0.717, 1.165) is 42.3 Å². The molecule has 1 fully saturated rings. The Balaban J connectivity index is 1.68. The van der Waals surface area contributed by atoms with E-state index >= 15 is 0 Å². The standard InChI is InChI=1S/C22H23N3O4S/c26-25(27)20-12-3-4-13-22(20)30(28,29)23-16-21(24-14-5-6-15-24)19-11-7-9-17-8-1-2-10-18(17)19/h1-4,7-13,21,23H,5-6,14-16H2/t21-/m0/s1. The lowest BCUT2D eigenvalue weighted by Gasteiger charge is -2.29. The molecule has 0 radical (unpaired) electrons. The molecule has 3 aromatic rings. The van der Waals surface area contributed by atoms with Crippen LogP contribution in [0.3, 0.4) is 0 Å². The van der Waals surface area contributed by atoms with E-state index in [1.807, 2.05) is 42.5 Å². The van der Waals surface area contributed by atoms with E-state index in [4.69, 9.17) is 0 Å². The lowest BCUT2D eigenvalue weighted by atomic mass is 9.98. The van der Waals surface area contributed by atoms with Crippen molar-refractivity contribution >= 4 is 26.5 Å². The fourth-order valence-corrected chi connectivity index (χ4v) is 5.34. The molecule has 0 bridgehead atoms. The van der Waals surface area contributed by atoms with Crippen LogP contribution in [0.5, 0.6) is 0 Å². The first-order valence-electron chi connectivity index (χ1n) is 9.92. The van der Waals surface area contributed by atoms with Crippen LogP contribution < -0.4 is 4.72 Å². The Hall–Kier alpha value is -2.81. The van der Waals surface area contributed by atoms with Gasteiger partial charge in [0.25, 0.3) is 5.69 Å². The predicted molar refractivity (Wildman–Crippen MR) is 116 cm³/mol. The average molecular weight is 426 g/mol. The van der Waals surface area contributed by atoms with E-state index in [1.54, 1.807) is 0 Å². The molecule has 0 aromatic heterocycles. The Morgan fingerprint density at radius 3 is 2.40 bits per heavy atom. The Bertz CT molecular complexity index is 1170. The molecule has 156 valence electrons. The third-order valence-electron chi connectivity index (χ3n) is 5.58. The maximum Gasteiger partial charge on any atom is 0.289 e. The molecule has 1 saturated heterocycles. The van der Waals surface area contributed by atoms with Gasteiger partial charge in [-0.05, 0) is 48.3 Å². The number of likely N-dealkylation sites (tertiary alicyclic amines) is 1. The lowest BCUT2D eigenvalue weighted by Crippen LogP contribution is -2.37. The number of hydrogen-bond acceptors (Lipinski definition) is 5. The van der Waals surface area contributed by atoms with Crippen LogP contribution in [0.15, 0.2) is 71.6 Å². The molecule has 1 aliphatic rings. The Morgan fingerprint density at radius 1 is 0.967 bits per heavy atom. The van der Waals surface area contributed by atoms with Crippen molar-refractivity contribution in [3.05, 3.63) is 82.4 Å². The highest BCUT2D eigenvalue weighted by molar-refractivity contribution is 7.89. The Labute approximate surface area is 175 Å². The minimum Gasteiger partial charge on any atom is -0.295 e. The number of para-hydroxylation sites is 1. The molecular formula is C22H23N3O4S. The molecule has 0 amide bonds. The molecule has 1 N–H and O–H groups in total. The first-order valence-corrected chi connectivity index (χ1v) is 11.4. The number of hydrogen-bond donors (Lipinski definition) is 1. The van der Waals surface area contributed by atoms with Gasteiger partial charge in [-0.3, -0.25) is 15.0 Å². The summed E-state index contributed by atoms with van der Waals surface area (Å²) in [6.45, 7) is 1.92. The normalized spacial score (nSPS) is 16.0. The van der Waals surface area contributed by atoms with Gasteiger partial charge in [0.2, 0.25) is 10.0 Å². The summed E-state index contributed by atoms with van der Waals surface area (Å²) in [4.78, 5) is 12.6. The molecule has 30 heavy (non-hydrogen) atoms. The fraction of sp³-hybridized carbons (Fsp3) is 0.273. The van der Waals surface area contributed by atoms with E-state index in [9.17, 15) is 18.5 Å². The van der Waals surface area contributed by atoms with Gasteiger partial charge in [0, 0.05) is 18.7 Å². The molecule has 4 rings (SSSR count). The summed E-state index contributed by atoms with van der Waals surface area (Å²) in [5, 5.41) is 13.5. The zero-order valence-electron chi connectivity index (χ0n) is 16.4. The zero-order chi connectivity index (χ0) is 21.1. The van der Waals surface area contributed by atoms with Gasteiger partial charge < -0.3 is 0 Å². The first kappa shape index (κ1) is 20.5. The third-order valence-corrected chi connectivity index (χ3v) is 7.05. The van der Waals surface area contributed by atoms with Gasteiger partial charge in [0.15, 0.2) is 4.90 Å². The van der Waals surface area contributed by atoms with E-state index in [0.29, 0.717) is 0 Å². The number of nitrogens with one attached hydrogen (secondary N) is 1. The molecular weight excluding hydrogens is 402 g/mol. The second-order valence-corrected chi connectivity index (χ2v) is 9.14. The number of nitrogens with zero attached hydrogens (tertiary/aromatic N) is 2. The summed E-state index contributed by atoms with van der Waals surface area (Å²) in [7, 11) is -4.04. The van der Waals surface area contributed by atoms with Crippen molar-refractivity contribution in [3.63, 3.8) is 0 Å². The summed E-state index contributed by atoms with van der Waals surface area (Å²) >= 11 is 0. The van der Waals surface area contributed by atoms with E-state index in [1.165, 1.54) is 24.3 Å². The van der Waals surface area contributed by atoms with Crippen LogP contribution in [0.2, 0.25) is 0 Å². The van der Waals surface area contributed by atoms with Crippen LogP contribution in [0.4, 0.5) is 5.69 Å². The van der Waals surface area contributed by atoms with Crippen molar-refractivity contribution < 1.29 is 13.3 Å². The summed E-state index contributed by atoms with van der Waals surface area (Å²) in [5.74, 6) is 0. The van der Waals surface area contributed by atoms with Crippen molar-refractivity contribution in [1.82, 2.24) is 9.62 Å². The molecule has 0 unspecified atom stereocenters. The molecule has 8 heteroatoms. The molecule has 1 heterocycles. The maximum atomic E-state index is 12.9. The monoisotopic (exact) mass is 425 g/mol. The van der Waals surface area contributed by atoms with E-state index < -0.39 is 20.6 Å². The third kappa shape index (κ3) is 4.07. The summed E-state index contributed by atoms with van der Waals surface area (Å²) in [6.07, 6.45) is 2.14. The number of sulfonamides is 1. The summed E-state index contributed by atoms with van der Waals surface area (Å²) < 4.78 is 28.5. The van der Waals surface area contributed by atoms with Gasteiger partial charge in [0.1, 0.15) is 0 Å². The quantitative estimate of drug-likeness (QED) is 0.458. The van der Waals surface area contributed by atoms with Gasteiger partial charge in [-0.2, -0.15) is 0 Å². The number of nitro groups is 1. The van der Waals surface area contributed by atoms with Gasteiger partial charge >= 0.3 is 0 Å². The maximum absolute atomic E-state index is 12.9. The molecule has 0 aliphatic carbocycles. The highest BCUT2D eigenvalue weighted by Crippen LogP contribution is 2.31. The van der Waals surface area contributed by atoms with Crippen molar-refractivity contribution in [3.8, 4) is 0 Å². The van der Waals surface area contributed by atoms with Crippen LogP contribution in [-0.4, -0.2) is 37.9 Å². The Kier molecular flexibility index (Phi) is 5.80. The molecule has 3 aromatic carbocycles. The molecule has 1 aliphatic heterocycles. The van der Waals surface area contributed by atoms with Crippen molar-refractivity contribution in [2.75, 3.05) is 19.6 Å². The Morgan fingerprint density at radius 2 is 1.63 bits per heavy atom. The zero-order valence-corrected chi connectivity index (χ0v) is 17.2. The molecule has 0 spiro atoms.